The molecular formula is C17H26FN3O. The highest BCUT2D eigenvalue weighted by Gasteiger charge is 2.29. The Labute approximate surface area is 132 Å². The van der Waals surface area contributed by atoms with Crippen LogP contribution in [-0.4, -0.2) is 74.2 Å². The fraction of sp³-hybridized carbons (Fsp3) is 0.647. The van der Waals surface area contributed by atoms with Crippen molar-refractivity contribution in [1.29, 1.82) is 0 Å². The highest BCUT2D eigenvalue weighted by Crippen LogP contribution is 2.22. The lowest BCUT2D eigenvalue weighted by Gasteiger charge is -2.36. The molecule has 0 bridgehead atoms. The number of nitrogens with zero attached hydrogens (tertiary/aromatic N) is 3. The Morgan fingerprint density at radius 1 is 1.18 bits per heavy atom. The number of hydrogen-bond donors (Lipinski definition) is 0. The summed E-state index contributed by atoms with van der Waals surface area (Å²) >= 11 is 0. The van der Waals surface area contributed by atoms with E-state index in [1.165, 1.54) is 12.5 Å². The minimum atomic E-state index is -0.164. The van der Waals surface area contributed by atoms with Gasteiger partial charge in [0.25, 0.3) is 0 Å². The number of halogens is 1. The summed E-state index contributed by atoms with van der Waals surface area (Å²) in [6, 6.07) is 5.79. The van der Waals surface area contributed by atoms with Gasteiger partial charge in [0.05, 0.1) is 7.11 Å². The van der Waals surface area contributed by atoms with Crippen LogP contribution in [0.5, 0.6) is 5.75 Å². The van der Waals surface area contributed by atoms with Crippen LogP contribution in [0.3, 0.4) is 0 Å². The van der Waals surface area contributed by atoms with Crippen LogP contribution >= 0.6 is 0 Å². The average molecular weight is 307 g/mol. The molecule has 2 heterocycles. The van der Waals surface area contributed by atoms with Crippen molar-refractivity contribution in [1.82, 2.24) is 14.7 Å². The van der Waals surface area contributed by atoms with E-state index in [1.807, 2.05) is 12.1 Å². The largest absolute Gasteiger partial charge is 0.497 e. The van der Waals surface area contributed by atoms with Gasteiger partial charge in [0.15, 0.2) is 0 Å². The standard InChI is InChI=1S/C17H26FN3O/c1-19-7-9-21(10-8-19)15-5-6-20(13-15)12-14-3-4-16(22-2)11-17(14)18/h3-4,11,15H,5-10,12-13H2,1-2H3/t15-/m1/s1. The van der Waals surface area contributed by atoms with Crippen molar-refractivity contribution < 1.29 is 9.13 Å². The van der Waals surface area contributed by atoms with Gasteiger partial charge in [-0.25, -0.2) is 4.39 Å². The Morgan fingerprint density at radius 3 is 2.64 bits per heavy atom. The maximum absolute atomic E-state index is 14.1. The first-order valence-electron chi connectivity index (χ1n) is 8.13. The summed E-state index contributed by atoms with van der Waals surface area (Å²) in [5.41, 5.74) is 0.764. The molecule has 0 saturated carbocycles. The number of likely N-dealkylation sites (tertiary alicyclic amines) is 1. The van der Waals surface area contributed by atoms with Crippen LogP contribution in [0.1, 0.15) is 12.0 Å². The number of rotatable bonds is 4. The first kappa shape index (κ1) is 15.7. The summed E-state index contributed by atoms with van der Waals surface area (Å²) < 4.78 is 19.1. The van der Waals surface area contributed by atoms with Crippen molar-refractivity contribution >= 4 is 0 Å². The van der Waals surface area contributed by atoms with E-state index in [9.17, 15) is 4.39 Å². The molecule has 0 radical (unpaired) electrons. The zero-order valence-corrected chi connectivity index (χ0v) is 13.6. The van der Waals surface area contributed by atoms with Crippen molar-refractivity contribution in [2.45, 2.75) is 19.0 Å². The smallest absolute Gasteiger partial charge is 0.131 e. The molecule has 5 heteroatoms. The Hall–Kier alpha value is -1.17. The molecule has 4 nitrogen and oxygen atoms in total. The summed E-state index contributed by atoms with van der Waals surface area (Å²) in [5, 5.41) is 0. The molecule has 0 N–H and O–H groups in total. The predicted octanol–water partition coefficient (Wildman–Crippen LogP) is 1.66. The van der Waals surface area contributed by atoms with Gasteiger partial charge in [-0.05, 0) is 19.5 Å². The lowest BCUT2D eigenvalue weighted by Crippen LogP contribution is -2.49. The minimum absolute atomic E-state index is 0.164. The van der Waals surface area contributed by atoms with E-state index < -0.39 is 0 Å². The molecule has 0 aromatic heterocycles. The number of hydrogen-bond acceptors (Lipinski definition) is 4. The SMILES string of the molecule is COc1ccc(CN2CC[C@@H](N3CCN(C)CC3)C2)c(F)c1. The Bertz CT molecular complexity index is 503. The minimum Gasteiger partial charge on any atom is -0.497 e. The third-order valence-electron chi connectivity index (χ3n) is 4.96. The van der Waals surface area contributed by atoms with Crippen LogP contribution in [-0.2, 0) is 6.54 Å². The third kappa shape index (κ3) is 3.59. The van der Waals surface area contributed by atoms with E-state index in [1.54, 1.807) is 7.11 Å². The molecular weight excluding hydrogens is 281 g/mol. The average Bonchev–Trinajstić information content (AvgIpc) is 2.98. The maximum Gasteiger partial charge on any atom is 0.131 e. The fourth-order valence-corrected chi connectivity index (χ4v) is 3.47. The molecule has 0 amide bonds. The van der Waals surface area contributed by atoms with Gasteiger partial charge in [0, 0.05) is 63.5 Å². The maximum atomic E-state index is 14.1. The first-order chi connectivity index (χ1) is 10.7. The molecule has 3 rings (SSSR count). The van der Waals surface area contributed by atoms with Crippen LogP contribution in [0.2, 0.25) is 0 Å². The van der Waals surface area contributed by atoms with Crippen molar-refractivity contribution in [2.24, 2.45) is 0 Å². The summed E-state index contributed by atoms with van der Waals surface area (Å²) in [4.78, 5) is 7.36. The zero-order valence-electron chi connectivity index (χ0n) is 13.6. The van der Waals surface area contributed by atoms with Gasteiger partial charge in [0.2, 0.25) is 0 Å². The van der Waals surface area contributed by atoms with E-state index >= 15 is 0 Å². The second kappa shape index (κ2) is 6.94. The molecule has 2 aliphatic heterocycles. The van der Waals surface area contributed by atoms with E-state index in [4.69, 9.17) is 4.74 Å². The van der Waals surface area contributed by atoms with Crippen LogP contribution in [0, 0.1) is 5.82 Å². The van der Waals surface area contributed by atoms with Crippen molar-refractivity contribution in [3.63, 3.8) is 0 Å². The second-order valence-corrected chi connectivity index (χ2v) is 6.47. The quantitative estimate of drug-likeness (QED) is 0.842. The Balaban J connectivity index is 1.54. The zero-order chi connectivity index (χ0) is 15.5. The molecule has 122 valence electrons. The van der Waals surface area contributed by atoms with Crippen molar-refractivity contribution in [3.05, 3.63) is 29.6 Å². The van der Waals surface area contributed by atoms with Gasteiger partial charge in [-0.2, -0.15) is 0 Å². The molecule has 2 saturated heterocycles. The number of methoxy groups -OCH3 is 1. The van der Waals surface area contributed by atoms with Crippen molar-refractivity contribution in [3.8, 4) is 5.75 Å². The van der Waals surface area contributed by atoms with E-state index in [0.29, 0.717) is 18.3 Å². The van der Waals surface area contributed by atoms with Gasteiger partial charge in [-0.15, -0.1) is 0 Å². The van der Waals surface area contributed by atoms with Crippen LogP contribution in [0.4, 0.5) is 4.39 Å². The monoisotopic (exact) mass is 307 g/mol. The molecule has 2 aliphatic rings. The number of piperazine rings is 1. The molecule has 1 aromatic carbocycles. The molecule has 2 fully saturated rings. The van der Waals surface area contributed by atoms with Gasteiger partial charge >= 0.3 is 0 Å². The summed E-state index contributed by atoms with van der Waals surface area (Å²) in [6.45, 7) is 7.43. The lowest BCUT2D eigenvalue weighted by atomic mass is 10.2. The Kier molecular flexibility index (Phi) is 4.96. The van der Waals surface area contributed by atoms with E-state index in [2.05, 4.69) is 21.7 Å². The summed E-state index contributed by atoms with van der Waals surface area (Å²) in [6.07, 6.45) is 1.20. The molecule has 0 spiro atoms. The predicted molar refractivity (Wildman–Crippen MR) is 85.7 cm³/mol. The molecule has 0 unspecified atom stereocenters. The lowest BCUT2D eigenvalue weighted by molar-refractivity contribution is 0.112. The molecule has 22 heavy (non-hydrogen) atoms. The van der Waals surface area contributed by atoms with Crippen LogP contribution < -0.4 is 4.74 Å². The number of benzene rings is 1. The second-order valence-electron chi connectivity index (χ2n) is 6.47. The molecule has 1 atom stereocenters. The number of ether oxygens (including phenoxy) is 1. The van der Waals surface area contributed by atoms with E-state index in [0.717, 1.165) is 44.8 Å². The van der Waals surface area contributed by atoms with E-state index in [-0.39, 0.29) is 5.82 Å². The first-order valence-corrected chi connectivity index (χ1v) is 8.13. The van der Waals surface area contributed by atoms with Crippen LogP contribution in [0.15, 0.2) is 18.2 Å². The molecule has 0 aliphatic carbocycles. The highest BCUT2D eigenvalue weighted by molar-refractivity contribution is 5.28. The highest BCUT2D eigenvalue weighted by atomic mass is 19.1. The Morgan fingerprint density at radius 2 is 1.95 bits per heavy atom. The number of likely N-dealkylation sites (N-methyl/N-ethyl adjacent to an activating group) is 1. The van der Waals surface area contributed by atoms with Gasteiger partial charge in [0.1, 0.15) is 11.6 Å². The normalized spacial score (nSPS) is 24.8. The molecule has 1 aromatic rings. The summed E-state index contributed by atoms with van der Waals surface area (Å²) in [5.74, 6) is 0.417. The van der Waals surface area contributed by atoms with Gasteiger partial charge < -0.3 is 9.64 Å². The third-order valence-corrected chi connectivity index (χ3v) is 4.96. The van der Waals surface area contributed by atoms with Crippen LogP contribution in [0.25, 0.3) is 0 Å². The topological polar surface area (TPSA) is 19.0 Å². The van der Waals surface area contributed by atoms with Gasteiger partial charge in [-0.3, -0.25) is 9.80 Å². The summed E-state index contributed by atoms with van der Waals surface area (Å²) in [7, 11) is 3.75. The van der Waals surface area contributed by atoms with Crippen molar-refractivity contribution in [2.75, 3.05) is 53.4 Å². The van der Waals surface area contributed by atoms with Gasteiger partial charge in [-0.1, -0.05) is 6.07 Å². The fourth-order valence-electron chi connectivity index (χ4n) is 3.47.